The summed E-state index contributed by atoms with van der Waals surface area (Å²) in [5, 5.41) is 6.29. The molecule has 7 heteroatoms. The molecule has 2 N–H and O–H groups in total. The SMILES string of the molecule is Cc1nc(CNc2ccc(NS(C)(=O)=O)cc2)cs1. The first-order valence-corrected chi connectivity index (χ1v) is 8.42. The van der Waals surface area contributed by atoms with Crippen LogP contribution < -0.4 is 10.0 Å². The zero-order valence-corrected chi connectivity index (χ0v) is 12.3. The zero-order valence-electron chi connectivity index (χ0n) is 10.7. The van der Waals surface area contributed by atoms with E-state index in [4.69, 9.17) is 0 Å². The van der Waals surface area contributed by atoms with Crippen LogP contribution in [0.25, 0.3) is 0 Å². The highest BCUT2D eigenvalue weighted by molar-refractivity contribution is 7.92. The highest BCUT2D eigenvalue weighted by Crippen LogP contribution is 2.16. The molecule has 0 unspecified atom stereocenters. The minimum Gasteiger partial charge on any atom is -0.379 e. The minimum absolute atomic E-state index is 0.553. The van der Waals surface area contributed by atoms with Gasteiger partial charge in [-0.05, 0) is 31.2 Å². The lowest BCUT2D eigenvalue weighted by Crippen LogP contribution is -2.09. The molecule has 2 aromatic rings. The van der Waals surface area contributed by atoms with Crippen molar-refractivity contribution in [3.05, 3.63) is 40.3 Å². The van der Waals surface area contributed by atoms with Gasteiger partial charge in [0.15, 0.2) is 0 Å². The Hall–Kier alpha value is -1.60. The summed E-state index contributed by atoms with van der Waals surface area (Å²) in [6.07, 6.45) is 1.13. The van der Waals surface area contributed by atoms with Crippen LogP contribution in [0.15, 0.2) is 29.6 Å². The average Bonchev–Trinajstić information content (AvgIpc) is 2.72. The smallest absolute Gasteiger partial charge is 0.229 e. The summed E-state index contributed by atoms with van der Waals surface area (Å²) < 4.78 is 24.5. The van der Waals surface area contributed by atoms with Gasteiger partial charge >= 0.3 is 0 Å². The van der Waals surface area contributed by atoms with E-state index in [0.29, 0.717) is 12.2 Å². The van der Waals surface area contributed by atoms with Crippen LogP contribution in [0.3, 0.4) is 0 Å². The molecule has 102 valence electrons. The second-order valence-electron chi connectivity index (χ2n) is 4.16. The van der Waals surface area contributed by atoms with E-state index in [1.54, 1.807) is 23.5 Å². The number of nitrogens with zero attached hydrogens (tertiary/aromatic N) is 1. The van der Waals surface area contributed by atoms with E-state index in [1.807, 2.05) is 24.4 Å². The summed E-state index contributed by atoms with van der Waals surface area (Å²) in [4.78, 5) is 4.36. The molecule has 1 aromatic heterocycles. The number of hydrogen-bond acceptors (Lipinski definition) is 5. The number of aryl methyl sites for hydroxylation is 1. The lowest BCUT2D eigenvalue weighted by atomic mass is 10.3. The molecule has 0 amide bonds. The van der Waals surface area contributed by atoms with Gasteiger partial charge in [0.2, 0.25) is 10.0 Å². The van der Waals surface area contributed by atoms with E-state index >= 15 is 0 Å². The van der Waals surface area contributed by atoms with Gasteiger partial charge in [-0.3, -0.25) is 4.72 Å². The fourth-order valence-electron chi connectivity index (χ4n) is 1.55. The number of anilines is 2. The Morgan fingerprint density at radius 3 is 2.37 bits per heavy atom. The highest BCUT2D eigenvalue weighted by Gasteiger charge is 2.02. The first kappa shape index (κ1) is 13.8. The van der Waals surface area contributed by atoms with Crippen LogP contribution in [0, 0.1) is 6.92 Å². The van der Waals surface area contributed by atoms with Crippen LogP contribution in [0.2, 0.25) is 0 Å². The largest absolute Gasteiger partial charge is 0.379 e. The van der Waals surface area contributed by atoms with Gasteiger partial charge in [-0.15, -0.1) is 11.3 Å². The van der Waals surface area contributed by atoms with E-state index in [0.717, 1.165) is 22.6 Å². The molecule has 0 aliphatic rings. The zero-order chi connectivity index (χ0) is 13.9. The highest BCUT2D eigenvalue weighted by atomic mass is 32.2. The van der Waals surface area contributed by atoms with Gasteiger partial charge in [0.1, 0.15) is 0 Å². The number of rotatable bonds is 5. The molecule has 1 aromatic carbocycles. The summed E-state index contributed by atoms with van der Waals surface area (Å²) >= 11 is 1.62. The fourth-order valence-corrected chi connectivity index (χ4v) is 2.73. The normalized spacial score (nSPS) is 11.3. The van der Waals surface area contributed by atoms with Crippen LogP contribution >= 0.6 is 11.3 Å². The molecule has 0 bridgehead atoms. The summed E-state index contributed by atoms with van der Waals surface area (Å²) in [6.45, 7) is 2.63. The Morgan fingerprint density at radius 1 is 1.21 bits per heavy atom. The molecule has 19 heavy (non-hydrogen) atoms. The molecule has 2 rings (SSSR count). The minimum atomic E-state index is -3.22. The number of benzene rings is 1. The maximum Gasteiger partial charge on any atom is 0.229 e. The molecule has 5 nitrogen and oxygen atoms in total. The second kappa shape index (κ2) is 5.58. The summed E-state index contributed by atoms with van der Waals surface area (Å²) in [5.41, 5.74) is 2.48. The van der Waals surface area contributed by atoms with E-state index in [2.05, 4.69) is 15.0 Å². The predicted molar refractivity (Wildman–Crippen MR) is 79.1 cm³/mol. The first-order chi connectivity index (χ1) is 8.92. The number of hydrogen-bond donors (Lipinski definition) is 2. The third-order valence-corrected chi connectivity index (χ3v) is 3.76. The van der Waals surface area contributed by atoms with Gasteiger partial charge in [0.05, 0.1) is 23.5 Å². The van der Waals surface area contributed by atoms with Crippen molar-refractivity contribution >= 4 is 32.7 Å². The number of nitrogens with one attached hydrogen (secondary N) is 2. The predicted octanol–water partition coefficient (Wildman–Crippen LogP) is 2.44. The Bertz CT molecular complexity index is 648. The fraction of sp³-hybridized carbons (Fsp3) is 0.250. The molecule has 0 aliphatic carbocycles. The number of aromatic nitrogens is 1. The Labute approximate surface area is 116 Å². The molecule has 0 atom stereocenters. The van der Waals surface area contributed by atoms with Gasteiger partial charge in [-0.1, -0.05) is 0 Å². The molecule has 0 saturated carbocycles. The molecular formula is C12H15N3O2S2. The monoisotopic (exact) mass is 297 g/mol. The Morgan fingerprint density at radius 2 is 1.84 bits per heavy atom. The van der Waals surface area contributed by atoms with Gasteiger partial charge in [0.25, 0.3) is 0 Å². The topological polar surface area (TPSA) is 71.1 Å². The van der Waals surface area contributed by atoms with Crippen molar-refractivity contribution in [2.24, 2.45) is 0 Å². The van der Waals surface area contributed by atoms with Gasteiger partial charge in [-0.2, -0.15) is 0 Å². The van der Waals surface area contributed by atoms with E-state index in [9.17, 15) is 8.42 Å². The molecule has 0 spiro atoms. The molecular weight excluding hydrogens is 282 g/mol. The maximum absolute atomic E-state index is 11.1. The second-order valence-corrected chi connectivity index (χ2v) is 6.97. The molecule has 0 saturated heterocycles. The molecule has 0 aliphatic heterocycles. The Kier molecular flexibility index (Phi) is 4.06. The van der Waals surface area contributed by atoms with E-state index in [-0.39, 0.29) is 0 Å². The molecule has 0 fully saturated rings. The van der Waals surface area contributed by atoms with E-state index < -0.39 is 10.0 Å². The van der Waals surface area contributed by atoms with Crippen molar-refractivity contribution < 1.29 is 8.42 Å². The van der Waals surface area contributed by atoms with Crippen molar-refractivity contribution in [3.63, 3.8) is 0 Å². The van der Waals surface area contributed by atoms with Crippen molar-refractivity contribution in [2.45, 2.75) is 13.5 Å². The van der Waals surface area contributed by atoms with Crippen molar-refractivity contribution in [3.8, 4) is 0 Å². The van der Waals surface area contributed by atoms with Gasteiger partial charge in [-0.25, -0.2) is 13.4 Å². The van der Waals surface area contributed by atoms with E-state index in [1.165, 1.54) is 0 Å². The van der Waals surface area contributed by atoms with Crippen molar-refractivity contribution in [2.75, 3.05) is 16.3 Å². The van der Waals surface area contributed by atoms with Crippen LogP contribution in [0.1, 0.15) is 10.7 Å². The summed E-state index contributed by atoms with van der Waals surface area (Å²) in [5.74, 6) is 0. The number of thiazole rings is 1. The average molecular weight is 297 g/mol. The summed E-state index contributed by atoms with van der Waals surface area (Å²) in [6, 6.07) is 7.09. The third kappa shape index (κ3) is 4.53. The third-order valence-electron chi connectivity index (χ3n) is 2.33. The van der Waals surface area contributed by atoms with Crippen LogP contribution in [0.5, 0.6) is 0 Å². The maximum atomic E-state index is 11.1. The lowest BCUT2D eigenvalue weighted by molar-refractivity contribution is 0.607. The lowest BCUT2D eigenvalue weighted by Gasteiger charge is -2.07. The molecule has 1 heterocycles. The van der Waals surface area contributed by atoms with Crippen LogP contribution in [0.4, 0.5) is 11.4 Å². The number of sulfonamides is 1. The first-order valence-electron chi connectivity index (χ1n) is 5.65. The van der Waals surface area contributed by atoms with Crippen LogP contribution in [-0.2, 0) is 16.6 Å². The standard InChI is InChI=1S/C12H15N3O2S2/c1-9-14-12(8-18-9)7-13-10-3-5-11(6-4-10)15-19(2,16)17/h3-6,8,13,15H,7H2,1-2H3. The van der Waals surface area contributed by atoms with Crippen molar-refractivity contribution in [1.29, 1.82) is 0 Å². The quantitative estimate of drug-likeness (QED) is 0.889. The molecule has 0 radical (unpaired) electrons. The van der Waals surface area contributed by atoms with Gasteiger partial charge < -0.3 is 5.32 Å². The Balaban J connectivity index is 1.95. The summed E-state index contributed by atoms with van der Waals surface area (Å²) in [7, 11) is -3.22. The van der Waals surface area contributed by atoms with Crippen LogP contribution in [-0.4, -0.2) is 19.7 Å². The van der Waals surface area contributed by atoms with Crippen molar-refractivity contribution in [1.82, 2.24) is 4.98 Å². The van der Waals surface area contributed by atoms with Gasteiger partial charge in [0, 0.05) is 16.8 Å².